The van der Waals surface area contributed by atoms with Crippen LogP contribution in [0.5, 0.6) is 0 Å². The molecule has 0 saturated carbocycles. The molecule has 136 valence electrons. The van der Waals surface area contributed by atoms with E-state index in [1.165, 1.54) is 16.8 Å². The highest BCUT2D eigenvalue weighted by Gasteiger charge is 2.14. The number of nitrogens with one attached hydrogen (secondary N) is 1. The summed E-state index contributed by atoms with van der Waals surface area (Å²) in [6.45, 7) is 7.86. The fraction of sp³-hybridized carbons (Fsp3) is 0.286. The molecule has 3 aromatic rings. The standard InChI is InChI=1S/C21H23Cl2N3/c1-14(18-9-10-20(22)21(23)11-18)24-12-19-15(2)25-26(16(19)3)13-17-7-5-4-6-8-17/h4-11,14,24H,12-13H2,1-3H3. The van der Waals surface area contributed by atoms with E-state index in [1.54, 1.807) is 0 Å². The summed E-state index contributed by atoms with van der Waals surface area (Å²) >= 11 is 12.1. The van der Waals surface area contributed by atoms with Crippen molar-refractivity contribution >= 4 is 23.2 Å². The summed E-state index contributed by atoms with van der Waals surface area (Å²) in [5.41, 5.74) is 5.87. The van der Waals surface area contributed by atoms with Gasteiger partial charge >= 0.3 is 0 Å². The van der Waals surface area contributed by atoms with E-state index in [0.717, 1.165) is 24.3 Å². The lowest BCUT2D eigenvalue weighted by molar-refractivity contribution is 0.571. The first-order valence-electron chi connectivity index (χ1n) is 8.71. The molecule has 1 heterocycles. The van der Waals surface area contributed by atoms with E-state index in [2.05, 4.69) is 55.0 Å². The fourth-order valence-corrected chi connectivity index (χ4v) is 3.36. The van der Waals surface area contributed by atoms with E-state index >= 15 is 0 Å². The molecule has 3 nitrogen and oxygen atoms in total. The van der Waals surface area contributed by atoms with Crippen LogP contribution < -0.4 is 5.32 Å². The molecule has 0 aliphatic rings. The van der Waals surface area contributed by atoms with Crippen LogP contribution in [0.15, 0.2) is 48.5 Å². The molecule has 0 spiro atoms. The van der Waals surface area contributed by atoms with Gasteiger partial charge in [0.15, 0.2) is 0 Å². The summed E-state index contributed by atoms with van der Waals surface area (Å²) in [6, 6.07) is 16.3. The van der Waals surface area contributed by atoms with Crippen LogP contribution in [-0.2, 0) is 13.1 Å². The van der Waals surface area contributed by atoms with E-state index in [1.807, 2.05) is 24.3 Å². The first kappa shape index (κ1) is 19.0. The second-order valence-electron chi connectivity index (χ2n) is 6.57. The smallest absolute Gasteiger partial charge is 0.0662 e. The predicted octanol–water partition coefficient (Wildman–Crippen LogP) is 5.71. The van der Waals surface area contributed by atoms with Gasteiger partial charge in [-0.25, -0.2) is 0 Å². The number of nitrogens with zero attached hydrogens (tertiary/aromatic N) is 2. The summed E-state index contributed by atoms with van der Waals surface area (Å²) in [4.78, 5) is 0. The second-order valence-corrected chi connectivity index (χ2v) is 7.38. The molecule has 0 aliphatic heterocycles. The number of hydrogen-bond donors (Lipinski definition) is 1. The molecule has 1 atom stereocenters. The monoisotopic (exact) mass is 387 g/mol. The fourth-order valence-electron chi connectivity index (χ4n) is 3.05. The third-order valence-corrected chi connectivity index (χ3v) is 5.47. The van der Waals surface area contributed by atoms with Crippen LogP contribution in [0, 0.1) is 13.8 Å². The molecule has 2 aromatic carbocycles. The average Bonchev–Trinajstić information content (AvgIpc) is 2.89. The molecule has 3 rings (SSSR count). The van der Waals surface area contributed by atoms with Crippen LogP contribution in [0.3, 0.4) is 0 Å². The molecule has 0 radical (unpaired) electrons. The van der Waals surface area contributed by atoms with E-state index in [0.29, 0.717) is 10.0 Å². The number of halogens is 2. The zero-order valence-electron chi connectivity index (χ0n) is 15.3. The molecule has 1 N–H and O–H groups in total. The van der Waals surface area contributed by atoms with Crippen molar-refractivity contribution in [2.75, 3.05) is 0 Å². The minimum Gasteiger partial charge on any atom is -0.306 e. The van der Waals surface area contributed by atoms with Gasteiger partial charge in [0.25, 0.3) is 0 Å². The zero-order valence-corrected chi connectivity index (χ0v) is 16.8. The lowest BCUT2D eigenvalue weighted by atomic mass is 10.1. The van der Waals surface area contributed by atoms with Gasteiger partial charge < -0.3 is 5.32 Å². The van der Waals surface area contributed by atoms with Gasteiger partial charge in [0.05, 0.1) is 22.3 Å². The molecule has 0 bridgehead atoms. The van der Waals surface area contributed by atoms with Crippen molar-refractivity contribution in [2.24, 2.45) is 0 Å². The zero-order chi connectivity index (χ0) is 18.7. The third kappa shape index (κ3) is 4.29. The average molecular weight is 388 g/mol. The van der Waals surface area contributed by atoms with Gasteiger partial charge in [-0.05, 0) is 44.0 Å². The Morgan fingerprint density at radius 1 is 1.04 bits per heavy atom. The predicted molar refractivity (Wildman–Crippen MR) is 109 cm³/mol. The highest BCUT2D eigenvalue weighted by atomic mass is 35.5. The van der Waals surface area contributed by atoms with E-state index in [4.69, 9.17) is 28.3 Å². The Bertz CT molecular complexity index is 888. The van der Waals surface area contributed by atoms with Crippen molar-refractivity contribution in [1.82, 2.24) is 15.1 Å². The van der Waals surface area contributed by atoms with Crippen LogP contribution >= 0.6 is 23.2 Å². The molecular formula is C21H23Cl2N3. The summed E-state index contributed by atoms with van der Waals surface area (Å²) in [6.07, 6.45) is 0. The molecule has 0 aliphatic carbocycles. The maximum Gasteiger partial charge on any atom is 0.0662 e. The van der Waals surface area contributed by atoms with Gasteiger partial charge in [0, 0.05) is 23.8 Å². The summed E-state index contributed by atoms with van der Waals surface area (Å²) in [7, 11) is 0. The van der Waals surface area contributed by atoms with Crippen molar-refractivity contribution in [1.29, 1.82) is 0 Å². The number of benzene rings is 2. The van der Waals surface area contributed by atoms with Gasteiger partial charge in [0.2, 0.25) is 0 Å². The van der Waals surface area contributed by atoms with E-state index < -0.39 is 0 Å². The number of aryl methyl sites for hydroxylation is 1. The third-order valence-electron chi connectivity index (χ3n) is 4.74. The second kappa shape index (κ2) is 8.26. The van der Waals surface area contributed by atoms with Crippen LogP contribution in [0.4, 0.5) is 0 Å². The lowest BCUT2D eigenvalue weighted by Gasteiger charge is -2.15. The van der Waals surface area contributed by atoms with Crippen molar-refractivity contribution < 1.29 is 0 Å². The molecular weight excluding hydrogens is 365 g/mol. The molecule has 5 heteroatoms. The Labute approximate surface area is 164 Å². The van der Waals surface area contributed by atoms with E-state index in [9.17, 15) is 0 Å². The topological polar surface area (TPSA) is 29.9 Å². The quantitative estimate of drug-likeness (QED) is 0.587. The van der Waals surface area contributed by atoms with Gasteiger partial charge in [-0.3, -0.25) is 4.68 Å². The Morgan fingerprint density at radius 3 is 2.46 bits per heavy atom. The molecule has 1 aromatic heterocycles. The minimum atomic E-state index is 0.168. The van der Waals surface area contributed by atoms with Crippen LogP contribution in [-0.4, -0.2) is 9.78 Å². The normalized spacial score (nSPS) is 12.3. The molecule has 0 fully saturated rings. The Hall–Kier alpha value is -1.81. The molecule has 0 saturated heterocycles. The van der Waals surface area contributed by atoms with Gasteiger partial charge in [-0.2, -0.15) is 5.10 Å². The number of aromatic nitrogens is 2. The van der Waals surface area contributed by atoms with Crippen LogP contribution in [0.25, 0.3) is 0 Å². The van der Waals surface area contributed by atoms with E-state index in [-0.39, 0.29) is 6.04 Å². The number of rotatable bonds is 6. The summed E-state index contributed by atoms with van der Waals surface area (Å²) in [5.74, 6) is 0. The van der Waals surface area contributed by atoms with Gasteiger partial charge in [-0.1, -0.05) is 59.6 Å². The first-order valence-corrected chi connectivity index (χ1v) is 9.46. The first-order chi connectivity index (χ1) is 12.5. The molecule has 1 unspecified atom stereocenters. The van der Waals surface area contributed by atoms with Crippen molar-refractivity contribution in [2.45, 2.75) is 39.9 Å². The Morgan fingerprint density at radius 2 is 1.77 bits per heavy atom. The minimum absolute atomic E-state index is 0.168. The van der Waals surface area contributed by atoms with Crippen LogP contribution in [0.1, 0.15) is 41.0 Å². The largest absolute Gasteiger partial charge is 0.306 e. The Kier molecular flexibility index (Phi) is 6.02. The Balaban J connectivity index is 1.70. The van der Waals surface area contributed by atoms with Gasteiger partial charge in [-0.15, -0.1) is 0 Å². The maximum absolute atomic E-state index is 6.13. The maximum atomic E-state index is 6.13. The number of hydrogen-bond acceptors (Lipinski definition) is 2. The van der Waals surface area contributed by atoms with Crippen molar-refractivity contribution in [3.8, 4) is 0 Å². The lowest BCUT2D eigenvalue weighted by Crippen LogP contribution is -2.19. The SMILES string of the molecule is Cc1nn(Cc2ccccc2)c(C)c1CNC(C)c1ccc(Cl)c(Cl)c1. The molecule has 26 heavy (non-hydrogen) atoms. The highest BCUT2D eigenvalue weighted by molar-refractivity contribution is 6.42. The van der Waals surface area contributed by atoms with Gasteiger partial charge in [0.1, 0.15) is 0 Å². The summed E-state index contributed by atoms with van der Waals surface area (Å²) in [5, 5.41) is 9.45. The highest BCUT2D eigenvalue weighted by Crippen LogP contribution is 2.26. The molecule has 0 amide bonds. The van der Waals surface area contributed by atoms with Crippen molar-refractivity contribution in [3.63, 3.8) is 0 Å². The summed E-state index contributed by atoms with van der Waals surface area (Å²) < 4.78 is 2.07. The van der Waals surface area contributed by atoms with Crippen molar-refractivity contribution in [3.05, 3.63) is 86.7 Å². The van der Waals surface area contributed by atoms with Crippen LogP contribution in [0.2, 0.25) is 10.0 Å².